The number of amides is 2. The van der Waals surface area contributed by atoms with Crippen LogP contribution in [0.5, 0.6) is 5.75 Å². The predicted molar refractivity (Wildman–Crippen MR) is 108 cm³/mol. The topological polar surface area (TPSA) is 80.3 Å². The molecule has 1 heterocycles. The van der Waals surface area contributed by atoms with Crippen LogP contribution in [0.4, 0.5) is 0 Å². The number of carbonyl (C=O) groups is 2. The Hall–Kier alpha value is -2.90. The summed E-state index contributed by atoms with van der Waals surface area (Å²) in [6.45, 7) is 2.35. The van der Waals surface area contributed by atoms with Gasteiger partial charge in [-0.1, -0.05) is 35.4 Å². The number of aryl methyl sites for hydroxylation is 1. The van der Waals surface area contributed by atoms with Crippen LogP contribution in [0.3, 0.4) is 0 Å². The maximum absolute atomic E-state index is 12.0. The number of aromatic nitrogens is 1. The minimum atomic E-state index is -0.443. The van der Waals surface area contributed by atoms with Crippen molar-refractivity contribution in [3.8, 4) is 5.75 Å². The Morgan fingerprint density at radius 2 is 1.93 bits per heavy atom. The summed E-state index contributed by atoms with van der Waals surface area (Å²) in [5.74, 6) is -0.0446. The molecule has 0 radical (unpaired) electrons. The van der Waals surface area contributed by atoms with E-state index in [1.807, 2.05) is 31.2 Å². The number of hydrazine groups is 1. The third-order valence-electron chi connectivity index (χ3n) is 3.73. The van der Waals surface area contributed by atoms with Crippen LogP contribution >= 0.6 is 22.9 Å². The molecule has 2 amide bonds. The summed E-state index contributed by atoms with van der Waals surface area (Å²) in [5, 5.41) is 3.01. The Morgan fingerprint density at radius 3 is 2.68 bits per heavy atom. The largest absolute Gasteiger partial charge is 0.486 e. The predicted octanol–water partition coefficient (Wildman–Crippen LogP) is 3.69. The van der Waals surface area contributed by atoms with Gasteiger partial charge in [0.15, 0.2) is 0 Å². The van der Waals surface area contributed by atoms with Crippen molar-refractivity contribution in [1.82, 2.24) is 15.8 Å². The lowest BCUT2D eigenvalue weighted by Gasteiger charge is -2.07. The summed E-state index contributed by atoms with van der Waals surface area (Å²) in [5.41, 5.74) is 6.87. The van der Waals surface area contributed by atoms with Crippen LogP contribution in [0.25, 0.3) is 0 Å². The maximum atomic E-state index is 12.0. The molecule has 2 N–H and O–H groups in total. The van der Waals surface area contributed by atoms with Gasteiger partial charge in [-0.2, -0.15) is 0 Å². The van der Waals surface area contributed by atoms with E-state index in [-0.39, 0.29) is 12.3 Å². The summed E-state index contributed by atoms with van der Waals surface area (Å²) in [6.07, 6.45) is 0.0524. The molecule has 144 valence electrons. The number of thiazole rings is 1. The van der Waals surface area contributed by atoms with E-state index in [0.717, 1.165) is 16.3 Å². The third-order valence-corrected chi connectivity index (χ3v) is 4.83. The highest BCUT2D eigenvalue weighted by Crippen LogP contribution is 2.16. The first-order valence-corrected chi connectivity index (χ1v) is 9.73. The molecule has 8 heteroatoms. The summed E-state index contributed by atoms with van der Waals surface area (Å²) in [6, 6.07) is 14.2. The average molecular weight is 416 g/mol. The number of nitrogens with one attached hydrogen (secondary N) is 2. The van der Waals surface area contributed by atoms with E-state index in [9.17, 15) is 9.59 Å². The van der Waals surface area contributed by atoms with Gasteiger partial charge in [-0.15, -0.1) is 11.3 Å². The summed E-state index contributed by atoms with van der Waals surface area (Å²) in [7, 11) is 0. The molecule has 0 saturated carbocycles. The number of halogens is 1. The molecule has 0 bridgehead atoms. The number of nitrogens with zero attached hydrogens (tertiary/aromatic N) is 1. The SMILES string of the molecule is Cc1ccc(OCc2nc(CC(=O)NNC(=O)c3cccc(Cl)c3)cs2)cc1. The number of hydrogen-bond donors (Lipinski definition) is 2. The number of hydrogen-bond acceptors (Lipinski definition) is 5. The first-order chi connectivity index (χ1) is 13.5. The zero-order valence-corrected chi connectivity index (χ0v) is 16.6. The van der Waals surface area contributed by atoms with Crippen molar-refractivity contribution in [2.75, 3.05) is 0 Å². The molecule has 0 fully saturated rings. The van der Waals surface area contributed by atoms with Crippen LogP contribution < -0.4 is 15.6 Å². The molecule has 0 unspecified atom stereocenters. The Labute approximate surface area is 171 Å². The Kier molecular flexibility index (Phi) is 6.62. The molecular formula is C20H18ClN3O3S. The maximum Gasteiger partial charge on any atom is 0.269 e. The van der Waals surface area contributed by atoms with Crippen LogP contribution in [0, 0.1) is 6.92 Å². The van der Waals surface area contributed by atoms with E-state index in [1.165, 1.54) is 17.4 Å². The van der Waals surface area contributed by atoms with Crippen LogP contribution in [-0.4, -0.2) is 16.8 Å². The second-order valence-corrected chi connectivity index (χ2v) is 7.40. The van der Waals surface area contributed by atoms with Gasteiger partial charge in [-0.25, -0.2) is 4.98 Å². The van der Waals surface area contributed by atoms with Crippen molar-refractivity contribution in [2.45, 2.75) is 20.0 Å². The van der Waals surface area contributed by atoms with Gasteiger partial charge in [0.05, 0.1) is 12.1 Å². The molecule has 28 heavy (non-hydrogen) atoms. The van der Waals surface area contributed by atoms with Crippen molar-refractivity contribution in [3.63, 3.8) is 0 Å². The van der Waals surface area contributed by atoms with E-state index in [4.69, 9.17) is 16.3 Å². The zero-order valence-electron chi connectivity index (χ0n) is 15.1. The van der Waals surface area contributed by atoms with Crippen molar-refractivity contribution in [2.24, 2.45) is 0 Å². The highest BCUT2D eigenvalue weighted by Gasteiger charge is 2.11. The van der Waals surface area contributed by atoms with E-state index in [0.29, 0.717) is 22.9 Å². The molecule has 0 saturated heterocycles. The molecular weight excluding hydrogens is 398 g/mol. The minimum Gasteiger partial charge on any atom is -0.486 e. The van der Waals surface area contributed by atoms with Gasteiger partial charge in [-0.05, 0) is 37.3 Å². The Balaban J connectivity index is 1.45. The Bertz CT molecular complexity index is 973. The van der Waals surface area contributed by atoms with E-state index < -0.39 is 5.91 Å². The van der Waals surface area contributed by atoms with Gasteiger partial charge in [0.1, 0.15) is 17.4 Å². The number of carbonyl (C=O) groups excluding carboxylic acids is 2. The quantitative estimate of drug-likeness (QED) is 0.602. The molecule has 0 aliphatic rings. The van der Waals surface area contributed by atoms with Crippen molar-refractivity contribution < 1.29 is 14.3 Å². The number of rotatable bonds is 6. The molecule has 0 atom stereocenters. The van der Waals surface area contributed by atoms with E-state index in [1.54, 1.807) is 23.6 Å². The molecule has 3 aromatic rings. The minimum absolute atomic E-state index is 0.0524. The lowest BCUT2D eigenvalue weighted by Crippen LogP contribution is -2.42. The summed E-state index contributed by atoms with van der Waals surface area (Å²) in [4.78, 5) is 28.4. The van der Waals surface area contributed by atoms with Gasteiger partial charge in [-0.3, -0.25) is 20.4 Å². The van der Waals surface area contributed by atoms with E-state index in [2.05, 4.69) is 15.8 Å². The standard InChI is InChI=1S/C20H18ClN3O3S/c1-13-5-7-17(8-6-13)27-11-19-22-16(12-28-19)10-18(25)23-24-20(26)14-3-2-4-15(21)9-14/h2-9,12H,10-11H2,1H3,(H,23,25)(H,24,26). The van der Waals surface area contributed by atoms with Crippen LogP contribution in [0.15, 0.2) is 53.9 Å². The monoisotopic (exact) mass is 415 g/mol. The first-order valence-electron chi connectivity index (χ1n) is 8.47. The Morgan fingerprint density at radius 1 is 1.14 bits per heavy atom. The molecule has 0 spiro atoms. The summed E-state index contributed by atoms with van der Waals surface area (Å²) >= 11 is 7.27. The van der Waals surface area contributed by atoms with E-state index >= 15 is 0 Å². The van der Waals surface area contributed by atoms with Gasteiger partial charge in [0, 0.05) is 16.0 Å². The van der Waals surface area contributed by atoms with Crippen LogP contribution in [0.2, 0.25) is 5.02 Å². The van der Waals surface area contributed by atoms with Gasteiger partial charge >= 0.3 is 0 Å². The fourth-order valence-corrected chi connectivity index (χ4v) is 3.21. The van der Waals surface area contributed by atoms with Gasteiger partial charge < -0.3 is 4.74 Å². The lowest BCUT2D eigenvalue weighted by molar-refractivity contribution is -0.121. The highest BCUT2D eigenvalue weighted by molar-refractivity contribution is 7.09. The first kappa shape index (κ1) is 19.9. The molecule has 1 aromatic heterocycles. The number of ether oxygens (including phenoxy) is 1. The van der Waals surface area contributed by atoms with Crippen LogP contribution in [-0.2, 0) is 17.8 Å². The average Bonchev–Trinajstić information content (AvgIpc) is 3.13. The third kappa shape index (κ3) is 5.80. The fourth-order valence-electron chi connectivity index (χ4n) is 2.31. The van der Waals surface area contributed by atoms with Gasteiger partial charge in [0.2, 0.25) is 5.91 Å². The number of benzene rings is 2. The van der Waals surface area contributed by atoms with Crippen molar-refractivity contribution in [3.05, 3.63) is 80.8 Å². The van der Waals surface area contributed by atoms with Crippen LogP contribution in [0.1, 0.15) is 26.6 Å². The second kappa shape index (κ2) is 9.34. The smallest absolute Gasteiger partial charge is 0.269 e. The molecule has 0 aliphatic carbocycles. The van der Waals surface area contributed by atoms with Crippen molar-refractivity contribution >= 4 is 34.8 Å². The molecule has 3 rings (SSSR count). The lowest BCUT2D eigenvalue weighted by atomic mass is 10.2. The second-order valence-electron chi connectivity index (χ2n) is 6.02. The molecule has 2 aromatic carbocycles. The normalized spacial score (nSPS) is 10.4. The molecule has 6 nitrogen and oxygen atoms in total. The fraction of sp³-hybridized carbons (Fsp3) is 0.150. The summed E-state index contributed by atoms with van der Waals surface area (Å²) < 4.78 is 5.68. The molecule has 0 aliphatic heterocycles. The zero-order chi connectivity index (χ0) is 19.9. The highest BCUT2D eigenvalue weighted by atomic mass is 35.5. The van der Waals surface area contributed by atoms with Crippen molar-refractivity contribution in [1.29, 1.82) is 0 Å². The van der Waals surface area contributed by atoms with Gasteiger partial charge in [0.25, 0.3) is 5.91 Å².